The molecule has 0 aliphatic carbocycles. The van der Waals surface area contributed by atoms with Crippen LogP contribution in [0.15, 0.2) is 54.6 Å². The zero-order valence-electron chi connectivity index (χ0n) is 26.7. The standard InChI is InChI=1S/C34H46O9/c1-32(2,3)29(36)40-20-24-27(42-30(37)33(4,5)6)28(43-31(38)34(7,8)9)25(35)26(41-24)22-15-17-23(18-16-22)39-19-21-13-11-10-12-14-21/h10-18,24-28,35H,19-20H2,1-9H3/t24-,25+,26-,27-,28-/m1/s1. The molecular formula is C34H46O9. The Labute approximate surface area is 254 Å². The van der Waals surface area contributed by atoms with Crippen molar-refractivity contribution in [2.24, 2.45) is 16.2 Å². The lowest BCUT2D eigenvalue weighted by Crippen LogP contribution is -2.59. The maximum Gasteiger partial charge on any atom is 0.311 e. The normalized spacial score (nSPS) is 22.8. The summed E-state index contributed by atoms with van der Waals surface area (Å²) in [5.41, 5.74) is -1.01. The first-order chi connectivity index (χ1) is 19.9. The number of benzene rings is 2. The molecule has 9 nitrogen and oxygen atoms in total. The third kappa shape index (κ3) is 9.28. The summed E-state index contributed by atoms with van der Waals surface area (Å²) in [6, 6.07) is 16.8. The highest BCUT2D eigenvalue weighted by Gasteiger charge is 2.52. The number of carbonyl (C=O) groups is 3. The molecule has 1 aliphatic heterocycles. The molecule has 0 amide bonds. The fourth-order valence-electron chi connectivity index (χ4n) is 4.08. The summed E-state index contributed by atoms with van der Waals surface area (Å²) in [6.07, 6.45) is -5.99. The topological polar surface area (TPSA) is 118 Å². The third-order valence-corrected chi connectivity index (χ3v) is 6.82. The summed E-state index contributed by atoms with van der Waals surface area (Å²) in [5, 5.41) is 11.6. The van der Waals surface area contributed by atoms with Crippen LogP contribution < -0.4 is 4.74 Å². The second-order valence-corrected chi connectivity index (χ2v) is 14.0. The zero-order valence-corrected chi connectivity index (χ0v) is 26.7. The SMILES string of the molecule is CC(C)(C)C(=O)OC[C@H]1O[C@H](c2ccc(OCc3ccccc3)cc2)[C@H](O)[C@@H](OC(=O)C(C)(C)C)[C@@H]1OC(=O)C(C)(C)C. The zero-order chi connectivity index (χ0) is 32.2. The van der Waals surface area contributed by atoms with E-state index in [0.29, 0.717) is 17.9 Å². The molecule has 9 heteroatoms. The van der Waals surface area contributed by atoms with Crippen molar-refractivity contribution in [2.75, 3.05) is 6.61 Å². The first-order valence-electron chi connectivity index (χ1n) is 14.6. The Morgan fingerprint density at radius 3 is 1.74 bits per heavy atom. The van der Waals surface area contributed by atoms with E-state index in [2.05, 4.69) is 0 Å². The molecule has 1 saturated heterocycles. The molecule has 0 aromatic heterocycles. The van der Waals surface area contributed by atoms with Crippen molar-refractivity contribution < 1.29 is 43.2 Å². The monoisotopic (exact) mass is 598 g/mol. The van der Waals surface area contributed by atoms with E-state index in [9.17, 15) is 19.5 Å². The first kappa shape index (κ1) is 34.1. The highest BCUT2D eigenvalue weighted by molar-refractivity contribution is 5.77. The van der Waals surface area contributed by atoms with E-state index >= 15 is 0 Å². The van der Waals surface area contributed by atoms with Gasteiger partial charge < -0.3 is 28.8 Å². The van der Waals surface area contributed by atoms with Gasteiger partial charge in [0.15, 0.2) is 12.2 Å². The van der Waals surface area contributed by atoms with Crippen molar-refractivity contribution >= 4 is 17.9 Å². The van der Waals surface area contributed by atoms with E-state index in [-0.39, 0.29) is 6.61 Å². The molecule has 5 atom stereocenters. The number of rotatable bonds is 8. The fraction of sp³-hybridized carbons (Fsp3) is 0.559. The van der Waals surface area contributed by atoms with Gasteiger partial charge in [-0.3, -0.25) is 14.4 Å². The highest BCUT2D eigenvalue weighted by Crippen LogP contribution is 2.38. The highest BCUT2D eigenvalue weighted by atomic mass is 16.6. The average Bonchev–Trinajstić information content (AvgIpc) is 2.92. The van der Waals surface area contributed by atoms with E-state index in [1.165, 1.54) is 0 Å². The Morgan fingerprint density at radius 1 is 0.721 bits per heavy atom. The average molecular weight is 599 g/mol. The molecule has 1 heterocycles. The van der Waals surface area contributed by atoms with Gasteiger partial charge >= 0.3 is 17.9 Å². The van der Waals surface area contributed by atoms with Crippen LogP contribution in [0.4, 0.5) is 0 Å². The predicted molar refractivity (Wildman–Crippen MR) is 160 cm³/mol. The maximum absolute atomic E-state index is 13.1. The summed E-state index contributed by atoms with van der Waals surface area (Å²) in [4.78, 5) is 38.8. The van der Waals surface area contributed by atoms with Crippen LogP contribution in [0.2, 0.25) is 0 Å². The Hall–Kier alpha value is -3.43. The molecular weight excluding hydrogens is 552 g/mol. The second-order valence-electron chi connectivity index (χ2n) is 14.0. The van der Waals surface area contributed by atoms with Crippen molar-refractivity contribution in [2.45, 2.75) is 99.4 Å². The fourth-order valence-corrected chi connectivity index (χ4v) is 4.08. The minimum atomic E-state index is -1.41. The van der Waals surface area contributed by atoms with Crippen LogP contribution in [0.25, 0.3) is 0 Å². The first-order valence-corrected chi connectivity index (χ1v) is 14.6. The molecule has 3 rings (SSSR count). The molecule has 1 fully saturated rings. The van der Waals surface area contributed by atoms with E-state index in [0.717, 1.165) is 5.56 Å². The van der Waals surface area contributed by atoms with Gasteiger partial charge in [0.1, 0.15) is 37.3 Å². The smallest absolute Gasteiger partial charge is 0.311 e. The van der Waals surface area contributed by atoms with Gasteiger partial charge in [0, 0.05) is 0 Å². The Kier molecular flexibility index (Phi) is 10.7. The Bertz CT molecular complexity index is 1230. The van der Waals surface area contributed by atoms with Crippen LogP contribution in [0.1, 0.15) is 79.5 Å². The van der Waals surface area contributed by atoms with Gasteiger partial charge in [0.2, 0.25) is 0 Å². The summed E-state index contributed by atoms with van der Waals surface area (Å²) in [5.74, 6) is -1.05. The molecule has 236 valence electrons. The molecule has 1 aliphatic rings. The van der Waals surface area contributed by atoms with E-state index in [1.807, 2.05) is 30.3 Å². The maximum atomic E-state index is 13.1. The quantitative estimate of drug-likeness (QED) is 0.307. The lowest BCUT2D eigenvalue weighted by molar-refractivity contribution is -0.255. The van der Waals surface area contributed by atoms with Gasteiger partial charge in [-0.1, -0.05) is 42.5 Å². The summed E-state index contributed by atoms with van der Waals surface area (Å²) in [6.45, 7) is 15.4. The number of carbonyl (C=O) groups excluding carboxylic acids is 3. The van der Waals surface area contributed by atoms with Gasteiger partial charge in [-0.25, -0.2) is 0 Å². The molecule has 43 heavy (non-hydrogen) atoms. The molecule has 0 unspecified atom stereocenters. The van der Waals surface area contributed by atoms with Crippen molar-refractivity contribution in [3.05, 3.63) is 65.7 Å². The van der Waals surface area contributed by atoms with Crippen LogP contribution in [-0.4, -0.2) is 54.0 Å². The van der Waals surface area contributed by atoms with Crippen molar-refractivity contribution in [3.8, 4) is 5.75 Å². The predicted octanol–water partition coefficient (Wildman–Crippen LogP) is 5.57. The molecule has 0 spiro atoms. The number of esters is 3. The van der Waals surface area contributed by atoms with Gasteiger partial charge in [-0.15, -0.1) is 0 Å². The van der Waals surface area contributed by atoms with Gasteiger partial charge in [0.25, 0.3) is 0 Å². The molecule has 0 saturated carbocycles. The molecule has 0 bridgehead atoms. The number of hydrogen-bond acceptors (Lipinski definition) is 9. The van der Waals surface area contributed by atoms with Gasteiger partial charge in [0.05, 0.1) is 16.2 Å². The van der Waals surface area contributed by atoms with Crippen LogP contribution in [-0.2, 0) is 39.9 Å². The molecule has 2 aromatic rings. The van der Waals surface area contributed by atoms with Crippen molar-refractivity contribution in [1.82, 2.24) is 0 Å². The van der Waals surface area contributed by atoms with Gasteiger partial charge in [-0.2, -0.15) is 0 Å². The van der Waals surface area contributed by atoms with Gasteiger partial charge in [-0.05, 0) is 85.6 Å². The van der Waals surface area contributed by atoms with Crippen LogP contribution in [0.5, 0.6) is 5.75 Å². The van der Waals surface area contributed by atoms with Crippen LogP contribution in [0.3, 0.4) is 0 Å². The van der Waals surface area contributed by atoms with E-state index in [4.69, 9.17) is 23.7 Å². The van der Waals surface area contributed by atoms with E-state index < -0.39 is 64.7 Å². The summed E-state index contributed by atoms with van der Waals surface area (Å²) < 4.78 is 29.5. The number of aliphatic hydroxyl groups excluding tert-OH is 1. The summed E-state index contributed by atoms with van der Waals surface area (Å²) in [7, 11) is 0. The van der Waals surface area contributed by atoms with E-state index in [1.54, 1.807) is 86.6 Å². The minimum Gasteiger partial charge on any atom is -0.489 e. The Balaban J connectivity index is 1.94. The number of hydrogen-bond donors (Lipinski definition) is 1. The minimum absolute atomic E-state index is 0.288. The third-order valence-electron chi connectivity index (χ3n) is 6.82. The Morgan fingerprint density at radius 2 is 1.23 bits per heavy atom. The molecule has 0 radical (unpaired) electrons. The molecule has 1 N–H and O–H groups in total. The largest absolute Gasteiger partial charge is 0.489 e. The summed E-state index contributed by atoms with van der Waals surface area (Å²) >= 11 is 0. The lowest BCUT2D eigenvalue weighted by atomic mass is 9.89. The number of ether oxygens (including phenoxy) is 5. The number of aliphatic hydroxyl groups is 1. The van der Waals surface area contributed by atoms with Crippen LogP contribution in [0, 0.1) is 16.2 Å². The molecule has 2 aromatic carbocycles. The van der Waals surface area contributed by atoms with Crippen molar-refractivity contribution in [3.63, 3.8) is 0 Å². The van der Waals surface area contributed by atoms with Crippen LogP contribution >= 0.6 is 0 Å². The second kappa shape index (κ2) is 13.5. The lowest BCUT2D eigenvalue weighted by Gasteiger charge is -2.44. The van der Waals surface area contributed by atoms with Crippen molar-refractivity contribution in [1.29, 1.82) is 0 Å².